The third kappa shape index (κ3) is 3.78. The zero-order valence-corrected chi connectivity index (χ0v) is 23.8. The van der Waals surface area contributed by atoms with Crippen LogP contribution in [0.5, 0.6) is 0 Å². The molecule has 0 saturated heterocycles. The highest BCUT2D eigenvalue weighted by Gasteiger charge is 2.18. The Kier molecular flexibility index (Phi) is 5.47. The van der Waals surface area contributed by atoms with E-state index in [0.29, 0.717) is 0 Å². The third-order valence-electron chi connectivity index (χ3n) is 8.63. The second-order valence-corrected chi connectivity index (χ2v) is 11.1. The van der Waals surface area contributed by atoms with Gasteiger partial charge in [0.2, 0.25) is 0 Å². The van der Waals surface area contributed by atoms with E-state index in [2.05, 4.69) is 135 Å². The Morgan fingerprint density at radius 3 is 1.89 bits per heavy atom. The van der Waals surface area contributed by atoms with Gasteiger partial charge in [0, 0.05) is 45.2 Å². The molecule has 0 spiro atoms. The second-order valence-electron chi connectivity index (χ2n) is 11.1. The monoisotopic (exact) mass is 562 g/mol. The molecule has 0 aliphatic rings. The second kappa shape index (κ2) is 9.79. The van der Waals surface area contributed by atoms with Crippen molar-refractivity contribution in [2.24, 2.45) is 0 Å². The number of hydrogen-bond donors (Lipinski definition) is 0. The molecule has 0 aliphatic carbocycles. The maximum absolute atomic E-state index is 4.79. The molecule has 4 nitrogen and oxygen atoms in total. The number of hydrogen-bond acceptors (Lipinski definition) is 2. The molecule has 4 heterocycles. The summed E-state index contributed by atoms with van der Waals surface area (Å²) >= 11 is 0. The maximum atomic E-state index is 4.79. The lowest BCUT2D eigenvalue weighted by Crippen LogP contribution is -1.98. The third-order valence-corrected chi connectivity index (χ3v) is 8.63. The lowest BCUT2D eigenvalue weighted by Gasteiger charge is -2.11. The minimum Gasteiger partial charge on any atom is -0.309 e. The molecule has 0 N–H and O–H groups in total. The predicted octanol–water partition coefficient (Wildman–Crippen LogP) is 10.0. The summed E-state index contributed by atoms with van der Waals surface area (Å²) in [4.78, 5) is 9.42. The number of rotatable bonds is 4. The molecule has 0 fully saturated rings. The summed E-state index contributed by atoms with van der Waals surface area (Å²) < 4.78 is 4.67. The number of fused-ring (bicyclic) bond motifs is 6. The molecule has 0 atom stereocenters. The Balaban J connectivity index is 1.34. The van der Waals surface area contributed by atoms with Crippen LogP contribution in [0, 0.1) is 0 Å². The number of nitrogens with zero attached hydrogens (tertiary/aromatic N) is 4. The van der Waals surface area contributed by atoms with E-state index in [0.717, 1.165) is 39.3 Å². The van der Waals surface area contributed by atoms with E-state index >= 15 is 0 Å². The van der Waals surface area contributed by atoms with Crippen LogP contribution >= 0.6 is 0 Å². The van der Waals surface area contributed by atoms with Gasteiger partial charge in [-0.3, -0.25) is 9.55 Å². The van der Waals surface area contributed by atoms with Gasteiger partial charge in [-0.05, 0) is 71.8 Å². The molecule has 0 saturated carbocycles. The topological polar surface area (TPSA) is 35.6 Å². The Morgan fingerprint density at radius 1 is 0.364 bits per heavy atom. The van der Waals surface area contributed by atoms with E-state index in [4.69, 9.17) is 4.98 Å². The van der Waals surface area contributed by atoms with E-state index in [-0.39, 0.29) is 0 Å². The maximum Gasteiger partial charge on any atom is 0.137 e. The van der Waals surface area contributed by atoms with Crippen molar-refractivity contribution in [2.75, 3.05) is 0 Å². The molecule has 0 unspecified atom stereocenters. The highest BCUT2D eigenvalue weighted by Crippen LogP contribution is 2.38. The summed E-state index contributed by atoms with van der Waals surface area (Å²) in [5, 5.41) is 4.85. The summed E-state index contributed by atoms with van der Waals surface area (Å²) in [5.74, 6) is 0.900. The van der Waals surface area contributed by atoms with Crippen molar-refractivity contribution < 1.29 is 0 Å². The normalized spacial score (nSPS) is 11.6. The van der Waals surface area contributed by atoms with Crippen LogP contribution < -0.4 is 0 Å². The summed E-state index contributed by atoms with van der Waals surface area (Å²) in [6.45, 7) is 0. The van der Waals surface area contributed by atoms with Gasteiger partial charge in [0.15, 0.2) is 0 Å². The van der Waals surface area contributed by atoms with Crippen molar-refractivity contribution in [1.29, 1.82) is 0 Å². The Hall–Kier alpha value is -6.00. The lowest BCUT2D eigenvalue weighted by atomic mass is 10.0. The predicted molar refractivity (Wildman–Crippen MR) is 182 cm³/mol. The number of aromatic nitrogens is 4. The van der Waals surface area contributed by atoms with Gasteiger partial charge in [0.05, 0.1) is 27.8 Å². The van der Waals surface area contributed by atoms with Crippen molar-refractivity contribution >= 4 is 43.6 Å². The van der Waals surface area contributed by atoms with Gasteiger partial charge < -0.3 is 4.57 Å². The van der Waals surface area contributed by atoms with Crippen LogP contribution in [0.1, 0.15) is 0 Å². The molecule has 4 aromatic heterocycles. The van der Waals surface area contributed by atoms with E-state index in [1.165, 1.54) is 38.2 Å². The van der Waals surface area contributed by atoms with E-state index in [1.54, 1.807) is 0 Å². The highest BCUT2D eigenvalue weighted by atomic mass is 15.1. The van der Waals surface area contributed by atoms with Crippen molar-refractivity contribution in [2.45, 2.75) is 0 Å². The molecule has 0 aliphatic heterocycles. The first-order valence-electron chi connectivity index (χ1n) is 14.8. The summed E-state index contributed by atoms with van der Waals surface area (Å²) in [6.07, 6.45) is 3.71. The minimum absolute atomic E-state index is 0.900. The average molecular weight is 563 g/mol. The van der Waals surface area contributed by atoms with Crippen LogP contribution in [0.15, 0.2) is 158 Å². The SMILES string of the molecule is c1ccc(-c2ccc3c(c2)c2ccc(-n4c5ccccc5c5ccc(-c6ccccn6)cc54)cc2n3-c2ccccn2)cc1. The fourth-order valence-corrected chi connectivity index (χ4v) is 6.63. The Labute approximate surface area is 254 Å². The van der Waals surface area contributed by atoms with Gasteiger partial charge in [-0.25, -0.2) is 4.98 Å². The quantitative estimate of drug-likeness (QED) is 0.214. The van der Waals surface area contributed by atoms with Crippen molar-refractivity contribution in [3.63, 3.8) is 0 Å². The summed E-state index contributed by atoms with van der Waals surface area (Å²) in [5.41, 5.74) is 10.1. The van der Waals surface area contributed by atoms with Crippen molar-refractivity contribution in [3.8, 4) is 33.9 Å². The van der Waals surface area contributed by atoms with Gasteiger partial charge in [0.25, 0.3) is 0 Å². The van der Waals surface area contributed by atoms with Gasteiger partial charge >= 0.3 is 0 Å². The van der Waals surface area contributed by atoms with E-state index in [1.807, 2.05) is 36.7 Å². The van der Waals surface area contributed by atoms with E-state index < -0.39 is 0 Å². The fraction of sp³-hybridized carbons (Fsp3) is 0. The molecule has 44 heavy (non-hydrogen) atoms. The lowest BCUT2D eigenvalue weighted by molar-refractivity contribution is 1.08. The van der Waals surface area contributed by atoms with Gasteiger partial charge in [0.1, 0.15) is 5.82 Å². The molecule has 206 valence electrons. The molecule has 0 radical (unpaired) electrons. The zero-order chi connectivity index (χ0) is 29.0. The van der Waals surface area contributed by atoms with Crippen molar-refractivity contribution in [1.82, 2.24) is 19.1 Å². The van der Waals surface area contributed by atoms with Crippen LogP contribution in [-0.4, -0.2) is 19.1 Å². The molecule has 4 heteroatoms. The standard InChI is InChI=1S/C40H26N4/c1-2-10-27(11-3-1)28-17-21-37-34(24-28)33-20-18-30(26-39(33)44(37)40-15-7-9-23-42-40)43-36-14-5-4-12-31(36)32-19-16-29(25-38(32)43)35-13-6-8-22-41-35/h1-26H. The fourth-order valence-electron chi connectivity index (χ4n) is 6.63. The van der Waals surface area contributed by atoms with Crippen LogP contribution in [0.25, 0.3) is 77.5 Å². The molecule has 9 rings (SSSR count). The van der Waals surface area contributed by atoms with Gasteiger partial charge in [-0.1, -0.05) is 84.9 Å². The average Bonchev–Trinajstić information content (AvgIpc) is 3.61. The van der Waals surface area contributed by atoms with Gasteiger partial charge in [-0.15, -0.1) is 0 Å². The molecule has 0 amide bonds. The highest BCUT2D eigenvalue weighted by molar-refractivity contribution is 6.13. The number of para-hydroxylation sites is 1. The largest absolute Gasteiger partial charge is 0.309 e. The molecule has 0 bridgehead atoms. The Bertz CT molecular complexity index is 2470. The minimum atomic E-state index is 0.900. The van der Waals surface area contributed by atoms with Crippen molar-refractivity contribution in [3.05, 3.63) is 158 Å². The number of pyridine rings is 2. The summed E-state index contributed by atoms with van der Waals surface area (Å²) in [7, 11) is 0. The Morgan fingerprint density at radius 2 is 1.05 bits per heavy atom. The first-order chi connectivity index (χ1) is 21.8. The molecular formula is C40H26N4. The molecule has 9 aromatic rings. The van der Waals surface area contributed by atoms with Crippen LogP contribution in [-0.2, 0) is 0 Å². The van der Waals surface area contributed by atoms with Crippen LogP contribution in [0.3, 0.4) is 0 Å². The summed E-state index contributed by atoms with van der Waals surface area (Å²) in [6, 6.07) is 51.6. The first kappa shape index (κ1) is 24.6. The van der Waals surface area contributed by atoms with Crippen LogP contribution in [0.2, 0.25) is 0 Å². The molecule has 5 aromatic carbocycles. The molecular weight excluding hydrogens is 536 g/mol. The smallest absolute Gasteiger partial charge is 0.137 e. The van der Waals surface area contributed by atoms with E-state index in [9.17, 15) is 0 Å². The zero-order valence-electron chi connectivity index (χ0n) is 23.8. The first-order valence-corrected chi connectivity index (χ1v) is 14.8. The van der Waals surface area contributed by atoms with Crippen LogP contribution in [0.4, 0.5) is 0 Å². The number of benzene rings is 5. The van der Waals surface area contributed by atoms with Gasteiger partial charge in [-0.2, -0.15) is 0 Å².